The van der Waals surface area contributed by atoms with E-state index in [-0.39, 0.29) is 5.41 Å². The molecule has 15 heavy (non-hydrogen) atoms. The molecule has 0 saturated carbocycles. The van der Waals surface area contributed by atoms with Crippen LogP contribution in [0.1, 0.15) is 52.1 Å². The Bertz CT molecular complexity index is 440. The Morgan fingerprint density at radius 2 is 2.00 bits per heavy atom. The fraction of sp³-hybridized carbons (Fsp3) is 0.583. The van der Waals surface area contributed by atoms with Crippen LogP contribution in [0.4, 0.5) is 0 Å². The molecular weight excluding hydrogens is 188 g/mol. The van der Waals surface area contributed by atoms with Crippen LogP contribution >= 0.6 is 0 Å². The third-order valence-electron chi connectivity index (χ3n) is 2.48. The number of fused-ring (bicyclic) bond motifs is 1. The van der Waals surface area contributed by atoms with Crippen LogP contribution in [0.5, 0.6) is 0 Å². The standard InChI is InChI=1S/C12H18N2O/c1-7(2)9-6-8-10(15-9)14-11(13-8)12(3,4)5/h6-7H,1-5H3,(H,13,14). The zero-order valence-electron chi connectivity index (χ0n) is 10.0. The lowest BCUT2D eigenvalue weighted by atomic mass is 9.96. The minimum atomic E-state index is 0.0412. The molecule has 2 aromatic rings. The summed E-state index contributed by atoms with van der Waals surface area (Å²) < 4.78 is 5.66. The minimum Gasteiger partial charge on any atom is -0.441 e. The van der Waals surface area contributed by atoms with Gasteiger partial charge in [0.15, 0.2) is 0 Å². The van der Waals surface area contributed by atoms with Gasteiger partial charge >= 0.3 is 0 Å². The lowest BCUT2D eigenvalue weighted by molar-refractivity contribution is 0.505. The highest BCUT2D eigenvalue weighted by Gasteiger charge is 2.20. The molecule has 0 aliphatic heterocycles. The molecule has 3 nitrogen and oxygen atoms in total. The van der Waals surface area contributed by atoms with Crippen molar-refractivity contribution in [3.8, 4) is 0 Å². The summed E-state index contributed by atoms with van der Waals surface area (Å²) in [6.45, 7) is 10.6. The van der Waals surface area contributed by atoms with E-state index in [9.17, 15) is 0 Å². The first kappa shape index (κ1) is 10.3. The number of H-pyrrole nitrogens is 1. The summed E-state index contributed by atoms with van der Waals surface area (Å²) in [5.74, 6) is 2.38. The number of imidazole rings is 1. The van der Waals surface area contributed by atoms with E-state index in [1.807, 2.05) is 6.07 Å². The maximum atomic E-state index is 5.66. The monoisotopic (exact) mass is 206 g/mol. The topological polar surface area (TPSA) is 41.8 Å². The van der Waals surface area contributed by atoms with Gasteiger partial charge in [-0.1, -0.05) is 34.6 Å². The average molecular weight is 206 g/mol. The third kappa shape index (κ3) is 1.78. The van der Waals surface area contributed by atoms with E-state index < -0.39 is 0 Å². The fourth-order valence-electron chi connectivity index (χ4n) is 1.47. The van der Waals surface area contributed by atoms with Gasteiger partial charge in [-0.3, -0.25) is 0 Å². The normalized spacial score (nSPS) is 12.9. The molecule has 3 heteroatoms. The van der Waals surface area contributed by atoms with Crippen molar-refractivity contribution < 1.29 is 4.42 Å². The Hall–Kier alpha value is -1.25. The lowest BCUT2D eigenvalue weighted by Crippen LogP contribution is -2.13. The predicted molar refractivity (Wildman–Crippen MR) is 61.1 cm³/mol. The van der Waals surface area contributed by atoms with Gasteiger partial charge in [0.1, 0.15) is 17.1 Å². The van der Waals surface area contributed by atoms with E-state index in [4.69, 9.17) is 4.42 Å². The van der Waals surface area contributed by atoms with Gasteiger partial charge in [0.05, 0.1) is 0 Å². The number of rotatable bonds is 1. The molecule has 0 aromatic carbocycles. The molecule has 2 rings (SSSR count). The second-order valence-electron chi connectivity index (χ2n) is 5.36. The van der Waals surface area contributed by atoms with Crippen LogP contribution in [-0.4, -0.2) is 9.97 Å². The number of nitrogens with zero attached hydrogens (tertiary/aromatic N) is 1. The second-order valence-corrected chi connectivity index (χ2v) is 5.36. The lowest BCUT2D eigenvalue weighted by Gasteiger charge is -2.13. The average Bonchev–Trinajstić information content (AvgIpc) is 2.55. The van der Waals surface area contributed by atoms with Crippen molar-refractivity contribution in [1.29, 1.82) is 0 Å². The van der Waals surface area contributed by atoms with Crippen LogP contribution in [-0.2, 0) is 5.41 Å². The van der Waals surface area contributed by atoms with Gasteiger partial charge in [0, 0.05) is 17.4 Å². The van der Waals surface area contributed by atoms with Crippen LogP contribution < -0.4 is 0 Å². The maximum absolute atomic E-state index is 5.66. The number of hydrogen-bond donors (Lipinski definition) is 1. The Morgan fingerprint density at radius 1 is 1.33 bits per heavy atom. The maximum Gasteiger partial charge on any atom is 0.244 e. The van der Waals surface area contributed by atoms with Crippen molar-refractivity contribution in [1.82, 2.24) is 9.97 Å². The van der Waals surface area contributed by atoms with E-state index in [1.54, 1.807) is 0 Å². The molecule has 1 N–H and O–H groups in total. The van der Waals surface area contributed by atoms with Crippen molar-refractivity contribution in [2.75, 3.05) is 0 Å². The molecule has 0 unspecified atom stereocenters. The van der Waals surface area contributed by atoms with Gasteiger partial charge < -0.3 is 9.40 Å². The summed E-state index contributed by atoms with van der Waals surface area (Å²) in [6, 6.07) is 2.04. The third-order valence-corrected chi connectivity index (χ3v) is 2.48. The van der Waals surface area contributed by atoms with Gasteiger partial charge in [0.2, 0.25) is 5.71 Å². The summed E-state index contributed by atoms with van der Waals surface area (Å²) in [5.41, 5.74) is 1.77. The molecule has 0 atom stereocenters. The molecule has 82 valence electrons. The van der Waals surface area contributed by atoms with Gasteiger partial charge in [-0.2, -0.15) is 4.98 Å². The Morgan fingerprint density at radius 3 is 2.47 bits per heavy atom. The second kappa shape index (κ2) is 3.12. The number of aromatic amines is 1. The van der Waals surface area contributed by atoms with E-state index >= 15 is 0 Å². The molecule has 0 saturated heterocycles. The van der Waals surface area contributed by atoms with E-state index in [0.717, 1.165) is 22.8 Å². The molecule has 0 amide bonds. The summed E-state index contributed by atoms with van der Waals surface area (Å²) in [6.07, 6.45) is 0. The van der Waals surface area contributed by atoms with Crippen LogP contribution in [0.15, 0.2) is 10.5 Å². The van der Waals surface area contributed by atoms with Crippen molar-refractivity contribution in [2.45, 2.75) is 46.0 Å². The van der Waals surface area contributed by atoms with Gasteiger partial charge in [0.25, 0.3) is 0 Å². The van der Waals surface area contributed by atoms with Crippen LogP contribution in [0.3, 0.4) is 0 Å². The summed E-state index contributed by atoms with van der Waals surface area (Å²) in [5, 5.41) is 0. The first-order valence-electron chi connectivity index (χ1n) is 5.38. The van der Waals surface area contributed by atoms with Gasteiger partial charge in [-0.15, -0.1) is 0 Å². The van der Waals surface area contributed by atoms with Crippen molar-refractivity contribution >= 4 is 11.2 Å². The van der Waals surface area contributed by atoms with Crippen LogP contribution in [0.25, 0.3) is 11.2 Å². The smallest absolute Gasteiger partial charge is 0.244 e. The highest BCUT2D eigenvalue weighted by molar-refractivity contribution is 5.70. The largest absolute Gasteiger partial charge is 0.441 e. The van der Waals surface area contributed by atoms with E-state index in [0.29, 0.717) is 5.92 Å². The van der Waals surface area contributed by atoms with Gasteiger partial charge in [-0.05, 0) is 0 Å². The highest BCUT2D eigenvalue weighted by atomic mass is 16.3. The molecular formula is C12H18N2O. The highest BCUT2D eigenvalue weighted by Crippen LogP contribution is 2.27. The van der Waals surface area contributed by atoms with E-state index in [2.05, 4.69) is 44.6 Å². The first-order valence-corrected chi connectivity index (χ1v) is 5.38. The number of hydrogen-bond acceptors (Lipinski definition) is 2. The molecule has 2 aromatic heterocycles. The Balaban J connectivity index is 2.47. The van der Waals surface area contributed by atoms with Crippen molar-refractivity contribution in [2.24, 2.45) is 0 Å². The van der Waals surface area contributed by atoms with Crippen LogP contribution in [0, 0.1) is 0 Å². The van der Waals surface area contributed by atoms with Crippen LogP contribution in [0.2, 0.25) is 0 Å². The number of aromatic nitrogens is 2. The fourth-order valence-corrected chi connectivity index (χ4v) is 1.47. The minimum absolute atomic E-state index is 0.0412. The molecule has 0 spiro atoms. The Kier molecular flexibility index (Phi) is 2.14. The van der Waals surface area contributed by atoms with Crippen molar-refractivity contribution in [3.63, 3.8) is 0 Å². The molecule has 0 aliphatic carbocycles. The quantitative estimate of drug-likeness (QED) is 0.774. The molecule has 2 heterocycles. The number of furan rings is 1. The summed E-state index contributed by atoms with van der Waals surface area (Å²) in [7, 11) is 0. The molecule has 0 bridgehead atoms. The zero-order valence-corrected chi connectivity index (χ0v) is 10.0. The van der Waals surface area contributed by atoms with Gasteiger partial charge in [-0.25, -0.2) is 0 Å². The van der Waals surface area contributed by atoms with E-state index in [1.165, 1.54) is 0 Å². The number of nitrogens with one attached hydrogen (secondary N) is 1. The Labute approximate surface area is 89.9 Å². The van der Waals surface area contributed by atoms with Crippen molar-refractivity contribution in [3.05, 3.63) is 17.7 Å². The molecule has 0 radical (unpaired) electrons. The summed E-state index contributed by atoms with van der Waals surface area (Å²) in [4.78, 5) is 7.77. The predicted octanol–water partition coefficient (Wildman–Crippen LogP) is 3.58. The zero-order chi connectivity index (χ0) is 11.2. The molecule has 0 fully saturated rings. The molecule has 0 aliphatic rings. The first-order chi connectivity index (χ1) is 6.88. The summed E-state index contributed by atoms with van der Waals surface area (Å²) >= 11 is 0. The SMILES string of the molecule is CC(C)c1cc2[nH]c(C(C)(C)C)nc2o1.